The van der Waals surface area contributed by atoms with Gasteiger partial charge in [-0.15, -0.1) is 11.3 Å². The first-order valence-corrected chi connectivity index (χ1v) is 6.89. The predicted molar refractivity (Wildman–Crippen MR) is 73.3 cm³/mol. The van der Waals surface area contributed by atoms with Crippen molar-refractivity contribution in [1.82, 2.24) is 20.1 Å². The fourth-order valence-corrected chi connectivity index (χ4v) is 2.51. The Bertz CT molecular complexity index is 490. The summed E-state index contributed by atoms with van der Waals surface area (Å²) in [6.07, 6.45) is 6.76. The minimum atomic E-state index is -0.0238. The molecule has 0 aliphatic carbocycles. The van der Waals surface area contributed by atoms with E-state index in [1.807, 2.05) is 25.6 Å². The van der Waals surface area contributed by atoms with Crippen LogP contribution in [0.15, 0.2) is 18.6 Å². The lowest BCUT2D eigenvalue weighted by Crippen LogP contribution is -2.26. The van der Waals surface area contributed by atoms with E-state index in [-0.39, 0.29) is 6.04 Å². The zero-order valence-corrected chi connectivity index (χ0v) is 11.6. The monoisotopic (exact) mass is 265 g/mol. The molecule has 2 heterocycles. The summed E-state index contributed by atoms with van der Waals surface area (Å²) in [6, 6.07) is -0.0238. The van der Waals surface area contributed by atoms with Crippen molar-refractivity contribution in [3.8, 4) is 0 Å². The largest absolute Gasteiger partial charge is 0.323 e. The number of nitrogens with two attached hydrogens (primary N) is 1. The first-order valence-electron chi connectivity index (χ1n) is 6.07. The molecule has 0 aromatic carbocycles. The average molecular weight is 265 g/mol. The second kappa shape index (κ2) is 6.08. The van der Waals surface area contributed by atoms with Gasteiger partial charge in [-0.2, -0.15) is 5.10 Å². The number of aromatic nitrogens is 3. The molecule has 0 amide bonds. The van der Waals surface area contributed by atoms with Gasteiger partial charge in [0.25, 0.3) is 0 Å². The fourth-order valence-electron chi connectivity index (χ4n) is 1.68. The number of aryl methyl sites for hydroxylation is 2. The van der Waals surface area contributed by atoms with Crippen LogP contribution in [0.2, 0.25) is 0 Å². The summed E-state index contributed by atoms with van der Waals surface area (Å²) in [5.41, 5.74) is 7.13. The van der Waals surface area contributed by atoms with Crippen LogP contribution in [0, 0.1) is 0 Å². The molecule has 2 aromatic rings. The Morgan fingerprint density at radius 2 is 2.33 bits per heavy atom. The SMILES string of the molecule is CCc1cnc(CNCC(N)c2cnn(C)c2)s1. The van der Waals surface area contributed by atoms with Crippen LogP contribution in [0.1, 0.15) is 28.4 Å². The van der Waals surface area contributed by atoms with E-state index >= 15 is 0 Å². The molecule has 18 heavy (non-hydrogen) atoms. The van der Waals surface area contributed by atoms with Gasteiger partial charge in [-0.1, -0.05) is 6.92 Å². The maximum absolute atomic E-state index is 6.07. The molecule has 0 spiro atoms. The third-order valence-corrected chi connectivity index (χ3v) is 3.89. The lowest BCUT2D eigenvalue weighted by atomic mass is 10.2. The van der Waals surface area contributed by atoms with Crippen molar-refractivity contribution in [1.29, 1.82) is 0 Å². The second-order valence-corrected chi connectivity index (χ2v) is 5.46. The second-order valence-electron chi connectivity index (χ2n) is 4.26. The number of thiazole rings is 1. The quantitative estimate of drug-likeness (QED) is 0.824. The van der Waals surface area contributed by atoms with Gasteiger partial charge in [-0.3, -0.25) is 4.68 Å². The van der Waals surface area contributed by atoms with Gasteiger partial charge in [0, 0.05) is 49.0 Å². The smallest absolute Gasteiger partial charge is 0.107 e. The van der Waals surface area contributed by atoms with Crippen molar-refractivity contribution in [3.63, 3.8) is 0 Å². The molecule has 6 heteroatoms. The zero-order chi connectivity index (χ0) is 13.0. The summed E-state index contributed by atoms with van der Waals surface area (Å²) >= 11 is 1.75. The van der Waals surface area contributed by atoms with Crippen LogP contribution in [-0.2, 0) is 20.0 Å². The van der Waals surface area contributed by atoms with E-state index in [9.17, 15) is 0 Å². The van der Waals surface area contributed by atoms with Crippen LogP contribution >= 0.6 is 11.3 Å². The molecular formula is C12H19N5S. The van der Waals surface area contributed by atoms with Gasteiger partial charge in [0.2, 0.25) is 0 Å². The normalized spacial score (nSPS) is 12.8. The zero-order valence-electron chi connectivity index (χ0n) is 10.8. The summed E-state index contributed by atoms with van der Waals surface area (Å²) in [6.45, 7) is 3.65. The van der Waals surface area contributed by atoms with Crippen LogP contribution in [0.4, 0.5) is 0 Å². The first kappa shape index (κ1) is 13.2. The molecule has 0 saturated heterocycles. The van der Waals surface area contributed by atoms with Gasteiger partial charge in [-0.05, 0) is 6.42 Å². The third-order valence-electron chi connectivity index (χ3n) is 2.74. The molecule has 0 bridgehead atoms. The van der Waals surface area contributed by atoms with E-state index in [1.165, 1.54) is 4.88 Å². The highest BCUT2D eigenvalue weighted by molar-refractivity contribution is 7.11. The molecule has 3 N–H and O–H groups in total. The van der Waals surface area contributed by atoms with E-state index in [1.54, 1.807) is 16.0 Å². The van der Waals surface area contributed by atoms with E-state index in [0.29, 0.717) is 0 Å². The van der Waals surface area contributed by atoms with Crippen molar-refractivity contribution in [2.45, 2.75) is 25.9 Å². The summed E-state index contributed by atoms with van der Waals surface area (Å²) in [5, 5.41) is 8.57. The Kier molecular flexibility index (Phi) is 4.46. The maximum Gasteiger partial charge on any atom is 0.107 e. The lowest BCUT2D eigenvalue weighted by molar-refractivity contribution is 0.596. The molecule has 0 saturated carbocycles. The fraction of sp³-hybridized carbons (Fsp3) is 0.500. The van der Waals surface area contributed by atoms with Gasteiger partial charge in [-0.25, -0.2) is 4.98 Å². The van der Waals surface area contributed by atoms with Crippen LogP contribution in [0.25, 0.3) is 0 Å². The van der Waals surface area contributed by atoms with E-state index in [2.05, 4.69) is 22.3 Å². The Labute approximate surface area is 111 Å². The Balaban J connectivity index is 1.78. The number of nitrogens with one attached hydrogen (secondary N) is 1. The minimum absolute atomic E-state index is 0.0238. The van der Waals surface area contributed by atoms with Crippen LogP contribution < -0.4 is 11.1 Å². The van der Waals surface area contributed by atoms with Crippen molar-refractivity contribution in [2.24, 2.45) is 12.8 Å². The summed E-state index contributed by atoms with van der Waals surface area (Å²) in [7, 11) is 1.89. The van der Waals surface area contributed by atoms with Gasteiger partial charge in [0.15, 0.2) is 0 Å². The first-order chi connectivity index (χ1) is 8.69. The number of rotatable bonds is 6. The van der Waals surface area contributed by atoms with Crippen molar-refractivity contribution in [2.75, 3.05) is 6.54 Å². The highest BCUT2D eigenvalue weighted by Crippen LogP contribution is 2.13. The molecule has 0 aliphatic rings. The molecule has 2 rings (SSSR count). The average Bonchev–Trinajstić information content (AvgIpc) is 2.98. The molecule has 0 radical (unpaired) electrons. The van der Waals surface area contributed by atoms with Crippen LogP contribution in [0.5, 0.6) is 0 Å². The molecule has 1 unspecified atom stereocenters. The van der Waals surface area contributed by atoms with Crippen LogP contribution in [0.3, 0.4) is 0 Å². The molecule has 1 atom stereocenters. The van der Waals surface area contributed by atoms with Gasteiger partial charge in [0.05, 0.1) is 6.20 Å². The van der Waals surface area contributed by atoms with E-state index in [4.69, 9.17) is 5.73 Å². The minimum Gasteiger partial charge on any atom is -0.323 e. The topological polar surface area (TPSA) is 68.8 Å². The molecule has 5 nitrogen and oxygen atoms in total. The number of nitrogens with zero attached hydrogens (tertiary/aromatic N) is 3. The predicted octanol–water partition coefficient (Wildman–Crippen LogP) is 1.23. The summed E-state index contributed by atoms with van der Waals surface area (Å²) in [4.78, 5) is 5.68. The molecule has 2 aromatic heterocycles. The number of hydrogen-bond donors (Lipinski definition) is 2. The standard InChI is InChI=1S/C12H19N5S/c1-3-10-5-15-12(18-10)7-14-6-11(13)9-4-16-17(2)8-9/h4-5,8,11,14H,3,6-7,13H2,1-2H3. The summed E-state index contributed by atoms with van der Waals surface area (Å²) < 4.78 is 1.77. The number of hydrogen-bond acceptors (Lipinski definition) is 5. The molecule has 0 fully saturated rings. The highest BCUT2D eigenvalue weighted by atomic mass is 32.1. The molecule has 0 aliphatic heterocycles. The van der Waals surface area contributed by atoms with Crippen molar-refractivity contribution in [3.05, 3.63) is 34.0 Å². The molecular weight excluding hydrogens is 246 g/mol. The van der Waals surface area contributed by atoms with Gasteiger partial charge in [0.1, 0.15) is 5.01 Å². The van der Waals surface area contributed by atoms with Crippen LogP contribution in [-0.4, -0.2) is 21.3 Å². The van der Waals surface area contributed by atoms with Crippen molar-refractivity contribution >= 4 is 11.3 Å². The Hall–Kier alpha value is -1.24. The van der Waals surface area contributed by atoms with Crippen molar-refractivity contribution < 1.29 is 0 Å². The summed E-state index contributed by atoms with van der Waals surface area (Å²) in [5.74, 6) is 0. The van der Waals surface area contributed by atoms with E-state index in [0.717, 1.165) is 30.1 Å². The van der Waals surface area contributed by atoms with Gasteiger partial charge >= 0.3 is 0 Å². The molecule has 98 valence electrons. The Morgan fingerprint density at radius 3 is 2.94 bits per heavy atom. The maximum atomic E-state index is 6.07. The Morgan fingerprint density at radius 1 is 1.50 bits per heavy atom. The van der Waals surface area contributed by atoms with Gasteiger partial charge < -0.3 is 11.1 Å². The lowest BCUT2D eigenvalue weighted by Gasteiger charge is -2.09. The third kappa shape index (κ3) is 3.38. The van der Waals surface area contributed by atoms with E-state index < -0.39 is 0 Å². The highest BCUT2D eigenvalue weighted by Gasteiger charge is 2.08.